The highest BCUT2D eigenvalue weighted by Crippen LogP contribution is 2.17. The summed E-state index contributed by atoms with van der Waals surface area (Å²) in [6.07, 6.45) is 1.66. The minimum Gasteiger partial charge on any atom is -0.492 e. The van der Waals surface area contributed by atoms with Gasteiger partial charge in [0.05, 0.1) is 11.8 Å². The third-order valence-corrected chi connectivity index (χ3v) is 2.03. The van der Waals surface area contributed by atoms with Crippen LogP contribution in [0.3, 0.4) is 0 Å². The van der Waals surface area contributed by atoms with E-state index in [1.165, 1.54) is 6.08 Å². The van der Waals surface area contributed by atoms with Crippen LogP contribution in [0.5, 0.6) is 5.75 Å². The largest absolute Gasteiger partial charge is 0.492 e. The maximum Gasteiger partial charge on any atom is 0.233 e. The average molecular weight is 217 g/mol. The Hall–Kier alpha value is -1.97. The van der Waals surface area contributed by atoms with E-state index in [2.05, 4.69) is 10.5 Å². The molecule has 2 rings (SSSR count). The molecular weight excluding hydrogens is 204 g/mol. The Kier molecular flexibility index (Phi) is 2.81. The van der Waals surface area contributed by atoms with E-state index in [-0.39, 0.29) is 12.0 Å². The monoisotopic (exact) mass is 217 g/mol. The van der Waals surface area contributed by atoms with Crippen molar-refractivity contribution in [2.75, 3.05) is 0 Å². The van der Waals surface area contributed by atoms with E-state index in [1.807, 2.05) is 38.1 Å². The van der Waals surface area contributed by atoms with Gasteiger partial charge in [-0.05, 0) is 26.0 Å². The van der Waals surface area contributed by atoms with Crippen molar-refractivity contribution in [3.05, 3.63) is 41.8 Å². The zero-order chi connectivity index (χ0) is 11.5. The van der Waals surface area contributed by atoms with Crippen molar-refractivity contribution in [3.63, 3.8) is 0 Å². The average Bonchev–Trinajstić information content (AvgIpc) is 2.64. The number of hydrogen-bond acceptors (Lipinski definition) is 3. The van der Waals surface area contributed by atoms with Gasteiger partial charge >= 0.3 is 0 Å². The molecule has 0 aromatic heterocycles. The summed E-state index contributed by atoms with van der Waals surface area (Å²) in [7, 11) is 0. The standard InChI is InChI=1S/C12H13N2O2/c1-8(2)16-10-5-3-4-9(6-10)11-7-12(15)14-13-11/h3-8,15H,1-2H3. The lowest BCUT2D eigenvalue weighted by molar-refractivity contribution is 0.242. The third kappa shape index (κ3) is 2.34. The first-order chi connectivity index (χ1) is 7.65. The van der Waals surface area contributed by atoms with E-state index >= 15 is 0 Å². The number of benzene rings is 1. The fraction of sp³-hybridized carbons (Fsp3) is 0.250. The number of aliphatic hydroxyl groups excluding tert-OH is 1. The van der Waals surface area contributed by atoms with Crippen molar-refractivity contribution >= 4 is 5.71 Å². The fourth-order valence-corrected chi connectivity index (χ4v) is 1.43. The zero-order valence-corrected chi connectivity index (χ0v) is 9.21. The van der Waals surface area contributed by atoms with Crippen LogP contribution in [0.15, 0.2) is 41.3 Å². The summed E-state index contributed by atoms with van der Waals surface area (Å²) >= 11 is 0. The quantitative estimate of drug-likeness (QED) is 0.843. The molecule has 1 aromatic rings. The molecule has 1 radical (unpaired) electrons. The van der Waals surface area contributed by atoms with E-state index in [1.54, 1.807) is 0 Å². The Morgan fingerprint density at radius 1 is 1.31 bits per heavy atom. The Morgan fingerprint density at radius 3 is 2.75 bits per heavy atom. The number of ether oxygens (including phenoxy) is 1. The van der Waals surface area contributed by atoms with Crippen LogP contribution in [0.1, 0.15) is 19.4 Å². The first kappa shape index (κ1) is 10.5. The van der Waals surface area contributed by atoms with Crippen LogP contribution >= 0.6 is 0 Å². The minimum atomic E-state index is -0.0646. The van der Waals surface area contributed by atoms with E-state index in [9.17, 15) is 0 Å². The maximum atomic E-state index is 9.12. The number of nitrogens with zero attached hydrogens (tertiary/aromatic N) is 2. The van der Waals surface area contributed by atoms with E-state index < -0.39 is 0 Å². The van der Waals surface area contributed by atoms with Gasteiger partial charge in [0.15, 0.2) is 0 Å². The summed E-state index contributed by atoms with van der Waals surface area (Å²) in [4.78, 5) is 0. The molecule has 1 heterocycles. The van der Waals surface area contributed by atoms with Crippen LogP contribution in [-0.2, 0) is 0 Å². The molecule has 1 aliphatic heterocycles. The molecular formula is C12H13N2O2. The molecule has 0 amide bonds. The zero-order valence-electron chi connectivity index (χ0n) is 9.21. The molecule has 1 N–H and O–H groups in total. The van der Waals surface area contributed by atoms with Crippen LogP contribution in [-0.4, -0.2) is 16.9 Å². The highest BCUT2D eigenvalue weighted by Gasteiger charge is 2.11. The second kappa shape index (κ2) is 4.26. The van der Waals surface area contributed by atoms with Gasteiger partial charge in [-0.3, -0.25) is 0 Å². The van der Waals surface area contributed by atoms with Gasteiger partial charge in [0.1, 0.15) is 5.75 Å². The molecule has 0 bridgehead atoms. The summed E-state index contributed by atoms with van der Waals surface area (Å²) in [6.45, 7) is 3.95. The molecule has 0 saturated carbocycles. The lowest BCUT2D eigenvalue weighted by Gasteiger charge is -2.10. The van der Waals surface area contributed by atoms with Gasteiger partial charge < -0.3 is 9.84 Å². The molecule has 0 saturated heterocycles. The molecule has 83 valence electrons. The van der Waals surface area contributed by atoms with Crippen molar-refractivity contribution < 1.29 is 9.84 Å². The lowest BCUT2D eigenvalue weighted by Crippen LogP contribution is -2.06. The highest BCUT2D eigenvalue weighted by atomic mass is 16.5. The predicted octanol–water partition coefficient (Wildman–Crippen LogP) is 2.20. The molecule has 0 spiro atoms. The second-order valence-electron chi connectivity index (χ2n) is 3.78. The Balaban J connectivity index is 2.23. The molecule has 0 unspecified atom stereocenters. The number of aliphatic hydroxyl groups is 1. The number of hydrogen-bond donors (Lipinski definition) is 1. The number of rotatable bonds is 3. The summed E-state index contributed by atoms with van der Waals surface area (Å²) in [5.41, 5.74) is 5.07. The summed E-state index contributed by atoms with van der Waals surface area (Å²) in [5.74, 6) is 0.722. The second-order valence-corrected chi connectivity index (χ2v) is 3.78. The molecule has 0 atom stereocenters. The van der Waals surface area contributed by atoms with Crippen molar-refractivity contribution in [2.45, 2.75) is 20.0 Å². The first-order valence-electron chi connectivity index (χ1n) is 5.11. The van der Waals surface area contributed by atoms with Gasteiger partial charge in [-0.2, -0.15) is 0 Å². The van der Waals surface area contributed by atoms with Gasteiger partial charge in [0, 0.05) is 11.6 Å². The van der Waals surface area contributed by atoms with Gasteiger partial charge in [-0.25, -0.2) is 0 Å². The van der Waals surface area contributed by atoms with Crippen LogP contribution < -0.4 is 10.2 Å². The van der Waals surface area contributed by atoms with Crippen LogP contribution in [0.25, 0.3) is 0 Å². The van der Waals surface area contributed by atoms with Gasteiger partial charge in [0.2, 0.25) is 5.88 Å². The van der Waals surface area contributed by atoms with Crippen molar-refractivity contribution in [1.82, 2.24) is 5.43 Å². The van der Waals surface area contributed by atoms with Crippen molar-refractivity contribution in [2.24, 2.45) is 5.10 Å². The normalized spacial score (nSPS) is 14.4. The van der Waals surface area contributed by atoms with Crippen LogP contribution in [0, 0.1) is 0 Å². The summed E-state index contributed by atoms with van der Waals surface area (Å²) < 4.78 is 5.57. The van der Waals surface area contributed by atoms with Crippen LogP contribution in [0.4, 0.5) is 0 Å². The fourth-order valence-electron chi connectivity index (χ4n) is 1.43. The minimum absolute atomic E-state index is 0.0646. The predicted molar refractivity (Wildman–Crippen MR) is 61.6 cm³/mol. The number of allylic oxidation sites excluding steroid dienone is 1. The van der Waals surface area contributed by atoms with E-state index in [0.29, 0.717) is 5.71 Å². The van der Waals surface area contributed by atoms with Crippen LogP contribution in [0.2, 0.25) is 0 Å². The van der Waals surface area contributed by atoms with Crippen molar-refractivity contribution in [1.29, 1.82) is 0 Å². The van der Waals surface area contributed by atoms with Crippen molar-refractivity contribution in [3.8, 4) is 5.75 Å². The van der Waals surface area contributed by atoms with E-state index in [4.69, 9.17) is 9.84 Å². The third-order valence-electron chi connectivity index (χ3n) is 2.03. The van der Waals surface area contributed by atoms with Gasteiger partial charge in [-0.1, -0.05) is 12.1 Å². The first-order valence-corrected chi connectivity index (χ1v) is 5.11. The summed E-state index contributed by atoms with van der Waals surface area (Å²) in [5, 5.41) is 13.0. The Morgan fingerprint density at radius 2 is 2.12 bits per heavy atom. The molecule has 1 aromatic carbocycles. The smallest absolute Gasteiger partial charge is 0.233 e. The lowest BCUT2D eigenvalue weighted by atomic mass is 10.1. The molecule has 16 heavy (non-hydrogen) atoms. The van der Waals surface area contributed by atoms with Gasteiger partial charge in [0.25, 0.3) is 0 Å². The maximum absolute atomic E-state index is 9.12. The molecule has 0 fully saturated rings. The molecule has 4 nitrogen and oxygen atoms in total. The summed E-state index contributed by atoms with van der Waals surface area (Å²) in [6, 6.07) is 7.55. The topological polar surface area (TPSA) is 55.9 Å². The highest BCUT2D eigenvalue weighted by molar-refractivity contribution is 6.09. The molecule has 1 aliphatic rings. The van der Waals surface area contributed by atoms with Gasteiger partial charge in [-0.15, -0.1) is 10.5 Å². The Labute approximate surface area is 94.2 Å². The molecule has 4 heteroatoms. The van der Waals surface area contributed by atoms with E-state index in [0.717, 1.165) is 11.3 Å². The molecule has 0 aliphatic carbocycles. The SMILES string of the molecule is CC(C)Oc1cccc(C2=N[N]C(O)=C2)c1. The Bertz CT molecular complexity index is 450.